The minimum atomic E-state index is -0.00257. The predicted molar refractivity (Wildman–Crippen MR) is 304 cm³/mol. The zero-order valence-corrected chi connectivity index (χ0v) is 48.5. The molecule has 0 aliphatic carbocycles. The molecule has 0 saturated carbocycles. The average Bonchev–Trinajstić information content (AvgIpc) is 3.36. The van der Waals surface area contributed by atoms with Gasteiger partial charge in [-0.05, 0) is 109 Å². The van der Waals surface area contributed by atoms with E-state index >= 15 is 0 Å². The van der Waals surface area contributed by atoms with Crippen LogP contribution in [0.1, 0.15) is 330 Å². The number of nitrogens with zero attached hydrogens (tertiary/aromatic N) is 2. The fourth-order valence-electron chi connectivity index (χ4n) is 10.3. The van der Waals surface area contributed by atoms with Crippen LogP contribution in [0.15, 0.2) is 0 Å². The maximum absolute atomic E-state index is 14.2. The molecule has 0 aliphatic heterocycles. The average molecular weight is 990 g/mol. The second-order valence-corrected chi connectivity index (χ2v) is 22.2. The number of hydrogen-bond acceptors (Lipinski definition) is 6. The first kappa shape index (κ1) is 68.4. The first-order valence-electron chi connectivity index (χ1n) is 31.5. The maximum atomic E-state index is 14.2. The van der Waals surface area contributed by atoms with Crippen molar-refractivity contribution in [3.05, 3.63) is 0 Å². The molecule has 0 N–H and O–H groups in total. The number of hydrogen-bond donors (Lipinski definition) is 0. The highest BCUT2D eigenvalue weighted by atomic mass is 16.5. The van der Waals surface area contributed by atoms with Gasteiger partial charge in [0.05, 0.1) is 13.2 Å². The van der Waals surface area contributed by atoms with Gasteiger partial charge < -0.3 is 19.3 Å². The molecule has 0 fully saturated rings. The van der Waals surface area contributed by atoms with E-state index in [0.717, 1.165) is 77.4 Å². The number of esters is 2. The van der Waals surface area contributed by atoms with Crippen LogP contribution in [-0.4, -0.2) is 73.6 Å². The van der Waals surface area contributed by atoms with Crippen molar-refractivity contribution in [2.75, 3.05) is 39.9 Å². The highest BCUT2D eigenvalue weighted by Crippen LogP contribution is 2.24. The molecule has 0 radical (unpaired) electrons. The van der Waals surface area contributed by atoms with Gasteiger partial charge in [0.15, 0.2) is 0 Å². The van der Waals surface area contributed by atoms with Crippen molar-refractivity contribution in [2.45, 2.75) is 337 Å². The van der Waals surface area contributed by atoms with Crippen molar-refractivity contribution in [1.82, 2.24) is 9.80 Å². The van der Waals surface area contributed by atoms with Crippen molar-refractivity contribution < 1.29 is 23.9 Å². The van der Waals surface area contributed by atoms with E-state index in [0.29, 0.717) is 56.3 Å². The van der Waals surface area contributed by atoms with Crippen molar-refractivity contribution >= 4 is 17.8 Å². The van der Waals surface area contributed by atoms with Crippen LogP contribution in [-0.2, 0) is 23.9 Å². The third kappa shape index (κ3) is 45.0. The molecule has 0 aliphatic rings. The lowest BCUT2D eigenvalue weighted by atomic mass is 9.96. The van der Waals surface area contributed by atoms with E-state index in [2.05, 4.69) is 58.4 Å². The Balaban J connectivity index is 5.24. The van der Waals surface area contributed by atoms with Crippen LogP contribution in [0.4, 0.5) is 0 Å². The molecular formula is C63H124N2O5. The Morgan fingerprint density at radius 3 is 1.09 bits per heavy atom. The quantitative estimate of drug-likeness (QED) is 0.0446. The van der Waals surface area contributed by atoms with Crippen LogP contribution in [0, 0.1) is 11.8 Å². The lowest BCUT2D eigenvalue weighted by Crippen LogP contribution is -2.41. The van der Waals surface area contributed by atoms with E-state index in [1.807, 2.05) is 0 Å². The van der Waals surface area contributed by atoms with E-state index in [-0.39, 0.29) is 11.9 Å². The number of unbranched alkanes of at least 4 members (excludes halogenated alkanes) is 27. The Kier molecular flexibility index (Phi) is 52.4. The minimum absolute atomic E-state index is 0.00257. The van der Waals surface area contributed by atoms with Gasteiger partial charge in [0.1, 0.15) is 0 Å². The maximum Gasteiger partial charge on any atom is 0.305 e. The zero-order valence-electron chi connectivity index (χ0n) is 48.5. The number of ether oxygens (including phenoxy) is 2. The lowest BCUT2D eigenvalue weighted by Gasteiger charge is -2.33. The van der Waals surface area contributed by atoms with Crippen LogP contribution >= 0.6 is 0 Å². The summed E-state index contributed by atoms with van der Waals surface area (Å²) in [5, 5.41) is 0. The van der Waals surface area contributed by atoms with Gasteiger partial charge in [0.25, 0.3) is 0 Å². The highest BCUT2D eigenvalue weighted by molar-refractivity contribution is 5.76. The normalized spacial score (nSPS) is 12.9. The summed E-state index contributed by atoms with van der Waals surface area (Å²) in [6.45, 7) is 17.9. The van der Waals surface area contributed by atoms with Crippen LogP contribution in [0.2, 0.25) is 0 Å². The molecule has 1 amide bonds. The summed E-state index contributed by atoms with van der Waals surface area (Å²) in [5.74, 6) is 1.43. The van der Waals surface area contributed by atoms with Gasteiger partial charge in [-0.1, -0.05) is 234 Å². The molecule has 0 saturated heterocycles. The third-order valence-electron chi connectivity index (χ3n) is 15.2. The number of rotatable bonds is 56. The molecule has 0 rings (SSSR count). The summed E-state index contributed by atoms with van der Waals surface area (Å²) in [7, 11) is 2.23. The van der Waals surface area contributed by atoms with Gasteiger partial charge in [-0.3, -0.25) is 14.4 Å². The SMILES string of the molecule is CCCCCCCCCCN(C(=O)CCCCN(C)CCCC)C(CCCCCCCCC(=O)OCC(CCCC)CCCCCC)CCCCCCCCC(=O)OCC(CCCC)CCCCCC. The molecule has 0 aromatic heterocycles. The number of amides is 1. The van der Waals surface area contributed by atoms with E-state index in [1.165, 1.54) is 212 Å². The zero-order chi connectivity index (χ0) is 51.4. The summed E-state index contributed by atoms with van der Waals surface area (Å²) in [6.07, 6.45) is 52.1. The second-order valence-electron chi connectivity index (χ2n) is 22.2. The van der Waals surface area contributed by atoms with E-state index in [9.17, 15) is 14.4 Å². The van der Waals surface area contributed by atoms with Crippen LogP contribution in [0.5, 0.6) is 0 Å². The smallest absolute Gasteiger partial charge is 0.305 e. The molecule has 0 bridgehead atoms. The van der Waals surface area contributed by atoms with Crippen molar-refractivity contribution in [2.24, 2.45) is 11.8 Å². The lowest BCUT2D eigenvalue weighted by molar-refractivity contribution is -0.146. The van der Waals surface area contributed by atoms with E-state index < -0.39 is 0 Å². The first-order chi connectivity index (χ1) is 34.3. The molecule has 70 heavy (non-hydrogen) atoms. The topological polar surface area (TPSA) is 76.2 Å². The fourth-order valence-corrected chi connectivity index (χ4v) is 10.3. The largest absolute Gasteiger partial charge is 0.465 e. The van der Waals surface area contributed by atoms with Gasteiger partial charge in [0, 0.05) is 31.8 Å². The molecule has 0 aromatic carbocycles. The Labute approximate surface area is 438 Å². The highest BCUT2D eigenvalue weighted by Gasteiger charge is 2.23. The Morgan fingerprint density at radius 1 is 0.329 bits per heavy atom. The predicted octanol–water partition coefficient (Wildman–Crippen LogP) is 19.1. The van der Waals surface area contributed by atoms with Gasteiger partial charge in [0.2, 0.25) is 5.91 Å². The molecule has 7 heteroatoms. The van der Waals surface area contributed by atoms with Crippen molar-refractivity contribution in [1.29, 1.82) is 0 Å². The number of carbonyl (C=O) groups excluding carboxylic acids is 3. The first-order valence-corrected chi connectivity index (χ1v) is 31.5. The van der Waals surface area contributed by atoms with Crippen LogP contribution < -0.4 is 0 Å². The molecule has 2 unspecified atom stereocenters. The van der Waals surface area contributed by atoms with Gasteiger partial charge >= 0.3 is 11.9 Å². The Hall–Kier alpha value is -1.63. The van der Waals surface area contributed by atoms with Crippen LogP contribution in [0.3, 0.4) is 0 Å². The molecule has 0 heterocycles. The van der Waals surface area contributed by atoms with Gasteiger partial charge in [-0.15, -0.1) is 0 Å². The second kappa shape index (κ2) is 53.7. The monoisotopic (exact) mass is 989 g/mol. The molecule has 7 nitrogen and oxygen atoms in total. The number of carbonyl (C=O) groups is 3. The standard InChI is InChI=1S/C63H124N2O5/c1-8-14-20-23-24-29-34-42-55-65(61(66)50-41-43-54-64(7)53-19-13-6)60(48-37-30-25-27-32-39-51-62(67)69-56-58(44-17-11-4)46-35-21-15-9-2)49-38-31-26-28-33-40-52-63(68)70-57-59(45-18-12-5)47-36-22-16-10-3/h58-60H,8-57H2,1-7H3. The van der Waals surface area contributed by atoms with Crippen molar-refractivity contribution in [3.8, 4) is 0 Å². The third-order valence-corrected chi connectivity index (χ3v) is 15.2. The molecule has 0 aromatic rings. The molecule has 0 spiro atoms. The van der Waals surface area contributed by atoms with Crippen molar-refractivity contribution in [3.63, 3.8) is 0 Å². The minimum Gasteiger partial charge on any atom is -0.465 e. The summed E-state index contributed by atoms with van der Waals surface area (Å²) in [6, 6.07) is 0.328. The summed E-state index contributed by atoms with van der Waals surface area (Å²) < 4.78 is 11.6. The fraction of sp³-hybridized carbons (Fsp3) is 0.952. The van der Waals surface area contributed by atoms with Gasteiger partial charge in [-0.25, -0.2) is 0 Å². The van der Waals surface area contributed by atoms with Crippen LogP contribution in [0.25, 0.3) is 0 Å². The summed E-state index contributed by atoms with van der Waals surface area (Å²) >= 11 is 0. The van der Waals surface area contributed by atoms with Gasteiger partial charge in [-0.2, -0.15) is 0 Å². The van der Waals surface area contributed by atoms with E-state index in [4.69, 9.17) is 9.47 Å². The molecule has 416 valence electrons. The Bertz CT molecular complexity index is 1060. The van der Waals surface area contributed by atoms with E-state index in [1.54, 1.807) is 0 Å². The molecular weight excluding hydrogens is 865 g/mol. The summed E-state index contributed by atoms with van der Waals surface area (Å²) in [5.41, 5.74) is 0. The summed E-state index contributed by atoms with van der Waals surface area (Å²) in [4.78, 5) is 44.3. The Morgan fingerprint density at radius 2 is 0.643 bits per heavy atom. The molecule has 2 atom stereocenters.